The van der Waals surface area contributed by atoms with E-state index in [9.17, 15) is 5.11 Å². The number of nitrogens with zero attached hydrogens (tertiary/aromatic N) is 4. The molecule has 0 unspecified atom stereocenters. The number of rotatable bonds is 3. The summed E-state index contributed by atoms with van der Waals surface area (Å²) >= 11 is 0. The summed E-state index contributed by atoms with van der Waals surface area (Å²) in [5.74, 6) is 0.447. The highest BCUT2D eigenvalue weighted by Gasteiger charge is 2.16. The molecule has 0 spiro atoms. The molecule has 0 saturated heterocycles. The van der Waals surface area contributed by atoms with E-state index in [0.29, 0.717) is 18.2 Å². The van der Waals surface area contributed by atoms with Crippen molar-refractivity contribution in [2.24, 2.45) is 15.0 Å². The molecule has 0 fully saturated rings. The first-order valence-corrected chi connectivity index (χ1v) is 7.30. The molecule has 0 bridgehead atoms. The molecule has 0 atom stereocenters. The molecule has 0 aliphatic carbocycles. The monoisotopic (exact) mass is 302 g/mol. The molecule has 1 aliphatic heterocycles. The Kier molecular flexibility index (Phi) is 3.05. The maximum absolute atomic E-state index is 10.5. The van der Waals surface area contributed by atoms with Crippen LogP contribution in [0.4, 0.5) is 5.69 Å². The van der Waals surface area contributed by atoms with E-state index in [2.05, 4.69) is 21.6 Å². The number of benzene rings is 2. The Labute approximate surface area is 132 Å². The molecule has 2 heterocycles. The van der Waals surface area contributed by atoms with Gasteiger partial charge in [0.1, 0.15) is 5.69 Å². The van der Waals surface area contributed by atoms with Crippen LogP contribution in [0.3, 0.4) is 0 Å². The van der Waals surface area contributed by atoms with Gasteiger partial charge >= 0.3 is 0 Å². The van der Waals surface area contributed by atoms with Gasteiger partial charge in [0.05, 0.1) is 16.2 Å². The van der Waals surface area contributed by atoms with Crippen LogP contribution in [-0.4, -0.2) is 15.6 Å². The Hall–Kier alpha value is -3.21. The molecule has 1 N–H and O–H groups in total. The van der Waals surface area contributed by atoms with Gasteiger partial charge in [0, 0.05) is 11.9 Å². The topological polar surface area (TPSA) is 62.2 Å². The first-order valence-electron chi connectivity index (χ1n) is 7.30. The van der Waals surface area contributed by atoms with Crippen molar-refractivity contribution in [3.8, 4) is 5.88 Å². The van der Waals surface area contributed by atoms with E-state index in [0.717, 1.165) is 21.6 Å². The van der Waals surface area contributed by atoms with Crippen LogP contribution in [-0.2, 0) is 6.54 Å². The van der Waals surface area contributed by atoms with Gasteiger partial charge < -0.3 is 9.67 Å². The summed E-state index contributed by atoms with van der Waals surface area (Å²) in [6, 6.07) is 15.3. The zero-order chi connectivity index (χ0) is 15.8. The van der Waals surface area contributed by atoms with Gasteiger partial charge in [-0.25, -0.2) is 15.0 Å². The summed E-state index contributed by atoms with van der Waals surface area (Å²) in [5, 5.41) is 13.0. The van der Waals surface area contributed by atoms with Gasteiger partial charge in [0.2, 0.25) is 5.88 Å². The highest BCUT2D eigenvalue weighted by atomic mass is 16.3. The summed E-state index contributed by atoms with van der Waals surface area (Å²) < 4.78 is 1.77. The molecule has 5 nitrogen and oxygen atoms in total. The van der Waals surface area contributed by atoms with E-state index < -0.39 is 0 Å². The maximum atomic E-state index is 10.5. The number of aliphatic imine (C=N–C) groups is 1. The molecule has 3 aromatic rings. The largest absolute Gasteiger partial charge is 0.493 e. The molecule has 4 rings (SSSR count). The molecular weight excluding hydrogens is 288 g/mol. The Bertz CT molecular complexity index is 1040. The van der Waals surface area contributed by atoms with Gasteiger partial charge in [-0.15, -0.1) is 6.58 Å². The van der Waals surface area contributed by atoms with Crippen molar-refractivity contribution >= 4 is 22.5 Å². The first-order chi connectivity index (χ1) is 11.3. The molecular formula is C18H14N4O. The minimum Gasteiger partial charge on any atom is -0.493 e. The van der Waals surface area contributed by atoms with Crippen molar-refractivity contribution in [3.63, 3.8) is 0 Å². The van der Waals surface area contributed by atoms with Gasteiger partial charge in [0.25, 0.3) is 5.96 Å². The fourth-order valence-electron chi connectivity index (χ4n) is 2.74. The van der Waals surface area contributed by atoms with E-state index in [1.807, 2.05) is 48.5 Å². The highest BCUT2D eigenvalue weighted by molar-refractivity contribution is 5.98. The van der Waals surface area contributed by atoms with Crippen molar-refractivity contribution in [1.82, 2.24) is 4.57 Å². The van der Waals surface area contributed by atoms with E-state index in [4.69, 9.17) is 0 Å². The fourth-order valence-corrected chi connectivity index (χ4v) is 2.74. The number of aromatic nitrogens is 1. The van der Waals surface area contributed by atoms with E-state index in [1.165, 1.54) is 0 Å². The number of allylic oxidation sites excluding steroid dienone is 1. The second kappa shape index (κ2) is 5.21. The molecule has 0 saturated carbocycles. The van der Waals surface area contributed by atoms with Crippen LogP contribution >= 0.6 is 0 Å². The average Bonchev–Trinajstić information content (AvgIpc) is 3.10. The molecule has 5 heteroatoms. The molecule has 0 amide bonds. The second-order valence-corrected chi connectivity index (χ2v) is 5.21. The van der Waals surface area contributed by atoms with Gasteiger partial charge in [-0.05, 0) is 18.2 Å². The molecule has 112 valence electrons. The van der Waals surface area contributed by atoms with Crippen molar-refractivity contribution in [3.05, 3.63) is 71.9 Å². The van der Waals surface area contributed by atoms with E-state index in [-0.39, 0.29) is 5.88 Å². The lowest BCUT2D eigenvalue weighted by atomic mass is 10.2. The summed E-state index contributed by atoms with van der Waals surface area (Å²) in [4.78, 5) is 13.3. The number of para-hydroxylation sites is 3. The summed E-state index contributed by atoms with van der Waals surface area (Å²) in [5.41, 5.74) is 1.39. The van der Waals surface area contributed by atoms with Gasteiger partial charge in [-0.3, -0.25) is 0 Å². The van der Waals surface area contributed by atoms with Crippen LogP contribution in [0, 0.1) is 0 Å². The molecule has 23 heavy (non-hydrogen) atoms. The Balaban J connectivity index is 1.94. The van der Waals surface area contributed by atoms with Crippen molar-refractivity contribution < 1.29 is 5.11 Å². The Morgan fingerprint density at radius 3 is 2.39 bits per heavy atom. The average molecular weight is 302 g/mol. The van der Waals surface area contributed by atoms with E-state index >= 15 is 0 Å². The van der Waals surface area contributed by atoms with Crippen LogP contribution in [0.25, 0.3) is 10.9 Å². The van der Waals surface area contributed by atoms with Crippen LogP contribution in [0.1, 0.15) is 0 Å². The highest BCUT2D eigenvalue weighted by Crippen LogP contribution is 2.38. The number of guanidine groups is 1. The third-order valence-corrected chi connectivity index (χ3v) is 3.76. The standard InChI is InChI=1S/C18H14N4O/c1-2-11-22-15-10-6-3-7-12(15)16(17(22)23)21-18-19-13-8-4-5-9-14(13)20-18/h2-10,23H,1,11H2. The third-order valence-electron chi connectivity index (χ3n) is 3.76. The van der Waals surface area contributed by atoms with Gasteiger partial charge in [-0.2, -0.15) is 0 Å². The van der Waals surface area contributed by atoms with Gasteiger partial charge in [0.15, 0.2) is 0 Å². The van der Waals surface area contributed by atoms with Crippen molar-refractivity contribution in [1.29, 1.82) is 0 Å². The number of fused-ring (bicyclic) bond motifs is 2. The Morgan fingerprint density at radius 1 is 1.04 bits per heavy atom. The Morgan fingerprint density at radius 2 is 1.70 bits per heavy atom. The SMILES string of the molecule is C=CCn1c(O)c(N=C2N=c3ccccc3=N2)c2ccccc21. The minimum atomic E-state index is 0.0972. The number of aromatic hydroxyl groups is 1. The second-order valence-electron chi connectivity index (χ2n) is 5.21. The van der Waals surface area contributed by atoms with Crippen molar-refractivity contribution in [2.75, 3.05) is 0 Å². The predicted molar refractivity (Wildman–Crippen MR) is 89.6 cm³/mol. The van der Waals surface area contributed by atoms with Crippen molar-refractivity contribution in [2.45, 2.75) is 6.54 Å². The molecule has 1 aliphatic rings. The van der Waals surface area contributed by atoms with Crippen LogP contribution < -0.4 is 10.7 Å². The predicted octanol–water partition coefficient (Wildman–Crippen LogP) is 2.47. The summed E-state index contributed by atoms with van der Waals surface area (Å²) in [7, 11) is 0. The van der Waals surface area contributed by atoms with Crippen LogP contribution in [0.15, 0.2) is 76.2 Å². The maximum Gasteiger partial charge on any atom is 0.251 e. The molecule has 1 aromatic heterocycles. The minimum absolute atomic E-state index is 0.0972. The number of hydrogen-bond donors (Lipinski definition) is 1. The van der Waals surface area contributed by atoms with Crippen LogP contribution in [0.5, 0.6) is 5.88 Å². The lowest BCUT2D eigenvalue weighted by Crippen LogP contribution is -2.19. The van der Waals surface area contributed by atoms with Gasteiger partial charge in [-0.1, -0.05) is 36.4 Å². The zero-order valence-electron chi connectivity index (χ0n) is 12.3. The fraction of sp³-hybridized carbons (Fsp3) is 0.0556. The lowest BCUT2D eigenvalue weighted by Gasteiger charge is -2.01. The van der Waals surface area contributed by atoms with E-state index in [1.54, 1.807) is 10.6 Å². The summed E-state index contributed by atoms with van der Waals surface area (Å²) in [6.45, 7) is 4.24. The number of hydrogen-bond acceptors (Lipinski definition) is 2. The third kappa shape index (κ3) is 2.14. The first kappa shape index (κ1) is 13.5. The lowest BCUT2D eigenvalue weighted by molar-refractivity contribution is 0.431. The van der Waals surface area contributed by atoms with Crippen LogP contribution in [0.2, 0.25) is 0 Å². The zero-order valence-corrected chi connectivity index (χ0v) is 12.3. The smallest absolute Gasteiger partial charge is 0.251 e. The quantitative estimate of drug-likeness (QED) is 0.742. The normalized spacial score (nSPS) is 12.6. The molecule has 2 aromatic carbocycles. The summed E-state index contributed by atoms with van der Waals surface area (Å²) in [6.07, 6.45) is 1.74. The molecule has 0 radical (unpaired) electrons.